The predicted octanol–water partition coefficient (Wildman–Crippen LogP) is -5.93. The van der Waals surface area contributed by atoms with Gasteiger partial charge in [0.05, 0.1) is 12.6 Å². The molecule has 14 nitrogen and oxygen atoms in total. The molecule has 11 N–H and O–H groups in total. The largest absolute Gasteiger partial charge is 0.470 e. The second-order valence-corrected chi connectivity index (χ2v) is 7.60. The van der Waals surface area contributed by atoms with Gasteiger partial charge in [0, 0.05) is 0 Å². The third-order valence-electron chi connectivity index (χ3n) is 4.53. The molecule has 15 heteroatoms. The number of nitrogens with two attached hydrogens (primary N) is 1. The molecular weight excluding hydrogens is 397 g/mol. The van der Waals surface area contributed by atoms with Crippen molar-refractivity contribution in [2.75, 3.05) is 6.61 Å². The minimum absolute atomic E-state index is 0.746. The third-order valence-corrected chi connectivity index (χ3v) is 5.04. The zero-order chi connectivity index (χ0) is 20.7. The number of hydrogen-bond acceptors (Lipinski definition) is 12. The van der Waals surface area contributed by atoms with Gasteiger partial charge in [0.2, 0.25) is 0 Å². The normalized spacial score (nSPS) is 49.2. The Kier molecular flexibility index (Phi) is 7.33. The highest BCUT2D eigenvalue weighted by Crippen LogP contribution is 2.42. The van der Waals surface area contributed by atoms with E-state index >= 15 is 0 Å². The summed E-state index contributed by atoms with van der Waals surface area (Å²) in [5.74, 6) is 0. The van der Waals surface area contributed by atoms with Crippen molar-refractivity contribution in [2.24, 2.45) is 5.73 Å². The van der Waals surface area contributed by atoms with E-state index in [2.05, 4.69) is 4.52 Å². The Balaban J connectivity index is 2.27. The average molecular weight is 421 g/mol. The van der Waals surface area contributed by atoms with E-state index in [9.17, 15) is 40.3 Å². The van der Waals surface area contributed by atoms with Crippen molar-refractivity contribution >= 4 is 7.82 Å². The Morgan fingerprint density at radius 2 is 1.37 bits per heavy atom. The maximum absolute atomic E-state index is 11.2. The summed E-state index contributed by atoms with van der Waals surface area (Å²) >= 11 is 0. The highest BCUT2D eigenvalue weighted by Gasteiger charge is 2.54. The highest BCUT2D eigenvalue weighted by atomic mass is 31.2. The van der Waals surface area contributed by atoms with Gasteiger partial charge in [-0.15, -0.1) is 0 Å². The molecule has 0 radical (unpaired) electrons. The fourth-order valence-corrected chi connectivity index (χ4v) is 3.56. The lowest BCUT2D eigenvalue weighted by Crippen LogP contribution is -2.68. The van der Waals surface area contributed by atoms with Crippen LogP contribution in [0.1, 0.15) is 0 Å². The number of hydrogen-bond donors (Lipinski definition) is 10. The second kappa shape index (κ2) is 8.61. The average Bonchev–Trinajstić information content (AvgIpc) is 2.60. The van der Waals surface area contributed by atoms with Crippen molar-refractivity contribution in [1.29, 1.82) is 0 Å². The van der Waals surface area contributed by atoms with Crippen LogP contribution in [-0.2, 0) is 18.6 Å². The maximum atomic E-state index is 11.2. The van der Waals surface area contributed by atoms with Crippen LogP contribution in [0.2, 0.25) is 0 Å². The Morgan fingerprint density at radius 3 is 1.85 bits per heavy atom. The molecule has 0 aromatic heterocycles. The second-order valence-electron chi connectivity index (χ2n) is 6.41. The lowest BCUT2D eigenvalue weighted by molar-refractivity contribution is -0.315. The molecule has 1 saturated heterocycles. The van der Waals surface area contributed by atoms with Crippen LogP contribution in [0.3, 0.4) is 0 Å². The molecule has 2 rings (SSSR count). The molecule has 27 heavy (non-hydrogen) atoms. The molecule has 1 aliphatic heterocycles. The summed E-state index contributed by atoms with van der Waals surface area (Å²) in [6.45, 7) is -0.746. The molecule has 160 valence electrons. The first-order valence-corrected chi connectivity index (χ1v) is 9.41. The van der Waals surface area contributed by atoms with Gasteiger partial charge in [0.15, 0.2) is 6.29 Å². The number of rotatable bonds is 5. The lowest BCUT2D eigenvalue weighted by atomic mass is 9.84. The SMILES string of the molecule is N[C@H]1[C@H](O[C@@H]2[C@H](O)[C@@H](O)[C@H](O)[C@@H](O)[C@H]2OP(=O)(O)O)O[C@H](CO)[C@@H](O)[C@@H]1O. The van der Waals surface area contributed by atoms with E-state index in [1.165, 1.54) is 0 Å². The zero-order valence-electron chi connectivity index (χ0n) is 13.7. The number of aliphatic hydroxyl groups excluding tert-OH is 7. The zero-order valence-corrected chi connectivity index (χ0v) is 14.6. The standard InChI is InChI=1S/C12H24NO13P/c13-3-5(16)4(15)2(1-14)24-12(3)25-10-8(19)6(17)7(18)9(20)11(10)26-27(21,22)23/h2-12,14-20H,1,13H2,(H2,21,22,23)/t2-,3-,4-,5-,6+,7+,8-,9-,10-,11-,12+/m1/s1. The van der Waals surface area contributed by atoms with E-state index in [4.69, 9.17) is 25.0 Å². The minimum Gasteiger partial charge on any atom is -0.394 e. The van der Waals surface area contributed by atoms with Crippen LogP contribution >= 0.6 is 7.82 Å². The van der Waals surface area contributed by atoms with E-state index < -0.39 is 81.7 Å². The fraction of sp³-hybridized carbons (Fsp3) is 1.00. The predicted molar refractivity (Wildman–Crippen MR) is 81.6 cm³/mol. The number of phosphoric acid groups is 1. The molecule has 0 aromatic rings. The molecule has 0 bridgehead atoms. The molecule has 1 heterocycles. The summed E-state index contributed by atoms with van der Waals surface area (Å²) in [5, 5.41) is 68.4. The quantitative estimate of drug-likeness (QED) is 0.186. The van der Waals surface area contributed by atoms with E-state index in [1.54, 1.807) is 0 Å². The maximum Gasteiger partial charge on any atom is 0.470 e. The van der Waals surface area contributed by atoms with Crippen LogP contribution in [0.15, 0.2) is 0 Å². The Morgan fingerprint density at radius 1 is 0.852 bits per heavy atom. The van der Waals surface area contributed by atoms with Crippen molar-refractivity contribution in [3.05, 3.63) is 0 Å². The van der Waals surface area contributed by atoms with Gasteiger partial charge in [-0.1, -0.05) is 0 Å². The Bertz CT molecular complexity index is 545. The summed E-state index contributed by atoms with van der Waals surface area (Å²) < 4.78 is 26.0. The van der Waals surface area contributed by atoms with Crippen molar-refractivity contribution in [3.63, 3.8) is 0 Å². The number of ether oxygens (including phenoxy) is 2. The van der Waals surface area contributed by atoms with Crippen LogP contribution in [-0.4, -0.2) is 119 Å². The van der Waals surface area contributed by atoms with Gasteiger partial charge >= 0.3 is 7.82 Å². The molecule has 0 spiro atoms. The molecule has 0 aromatic carbocycles. The molecule has 11 atom stereocenters. The molecule has 2 aliphatic rings. The molecule has 1 saturated carbocycles. The van der Waals surface area contributed by atoms with Gasteiger partial charge in [-0.2, -0.15) is 0 Å². The summed E-state index contributed by atoms with van der Waals surface area (Å²) in [6.07, 6.45) is -18.2. The van der Waals surface area contributed by atoms with Crippen LogP contribution < -0.4 is 5.73 Å². The minimum atomic E-state index is -5.24. The first-order chi connectivity index (χ1) is 12.4. The van der Waals surface area contributed by atoms with E-state index in [0.717, 1.165) is 0 Å². The highest BCUT2D eigenvalue weighted by molar-refractivity contribution is 7.46. The molecule has 0 unspecified atom stereocenters. The number of phosphoric ester groups is 1. The van der Waals surface area contributed by atoms with Gasteiger partial charge in [0.1, 0.15) is 54.9 Å². The monoisotopic (exact) mass is 421 g/mol. The van der Waals surface area contributed by atoms with Gasteiger partial charge < -0.3 is 60.7 Å². The van der Waals surface area contributed by atoms with Crippen molar-refractivity contribution < 1.29 is 64.1 Å². The first kappa shape index (κ1) is 23.0. The van der Waals surface area contributed by atoms with Crippen molar-refractivity contribution in [3.8, 4) is 0 Å². The van der Waals surface area contributed by atoms with Crippen LogP contribution in [0, 0.1) is 0 Å². The van der Waals surface area contributed by atoms with Crippen molar-refractivity contribution in [2.45, 2.75) is 67.3 Å². The summed E-state index contributed by atoms with van der Waals surface area (Å²) in [7, 11) is -5.24. The Hall–Kier alpha value is -0.290. The lowest BCUT2D eigenvalue weighted by Gasteiger charge is -2.47. The summed E-state index contributed by atoms with van der Waals surface area (Å²) in [4.78, 5) is 18.0. The summed E-state index contributed by atoms with van der Waals surface area (Å²) in [5.41, 5.74) is 5.67. The van der Waals surface area contributed by atoms with Gasteiger partial charge in [-0.05, 0) is 0 Å². The van der Waals surface area contributed by atoms with Gasteiger partial charge in [-0.3, -0.25) is 4.52 Å². The molecule has 0 amide bonds. The third kappa shape index (κ3) is 4.83. The topological polar surface area (TPSA) is 253 Å². The molecule has 1 aliphatic carbocycles. The van der Waals surface area contributed by atoms with Crippen LogP contribution in [0.5, 0.6) is 0 Å². The smallest absolute Gasteiger partial charge is 0.394 e. The van der Waals surface area contributed by atoms with E-state index in [0.29, 0.717) is 0 Å². The number of aliphatic hydroxyl groups is 7. The fourth-order valence-electron chi connectivity index (χ4n) is 3.00. The van der Waals surface area contributed by atoms with Crippen LogP contribution in [0.25, 0.3) is 0 Å². The molecule has 2 fully saturated rings. The van der Waals surface area contributed by atoms with E-state index in [-0.39, 0.29) is 0 Å². The van der Waals surface area contributed by atoms with Gasteiger partial charge in [0.25, 0.3) is 0 Å². The van der Waals surface area contributed by atoms with E-state index in [1.807, 2.05) is 0 Å². The van der Waals surface area contributed by atoms with Gasteiger partial charge in [-0.25, -0.2) is 4.57 Å². The Labute approximate surface area is 152 Å². The summed E-state index contributed by atoms with van der Waals surface area (Å²) in [6, 6.07) is -1.44. The first-order valence-electron chi connectivity index (χ1n) is 7.88. The van der Waals surface area contributed by atoms with Crippen LogP contribution in [0.4, 0.5) is 0 Å². The van der Waals surface area contributed by atoms with Crippen molar-refractivity contribution in [1.82, 2.24) is 0 Å². The molecular formula is C12H24NO13P.